The first-order valence-corrected chi connectivity index (χ1v) is 9.03. The molecule has 1 nitrogen and oxygen atoms in total. The molecular weight excluding hydrogens is 286 g/mol. The second-order valence-electron chi connectivity index (χ2n) is 6.08. The van der Waals surface area contributed by atoms with Gasteiger partial charge >= 0.3 is 0 Å². The van der Waals surface area contributed by atoms with Gasteiger partial charge in [-0.2, -0.15) is 0 Å². The minimum atomic E-state index is 1.05. The van der Waals surface area contributed by atoms with Crippen molar-refractivity contribution in [1.29, 1.82) is 0 Å². The summed E-state index contributed by atoms with van der Waals surface area (Å²) in [4.78, 5) is 4.15. The maximum Gasteiger partial charge on any atom is 0.0591 e. The maximum absolute atomic E-state index is 2.63. The van der Waals surface area contributed by atoms with Crippen molar-refractivity contribution >= 4 is 27.1 Å². The molecule has 0 N–H and O–H groups in total. The number of fused-ring (bicyclic) bond motifs is 1. The van der Waals surface area contributed by atoms with Crippen LogP contribution < -0.4 is 4.90 Å². The van der Waals surface area contributed by atoms with Crippen molar-refractivity contribution in [3.63, 3.8) is 0 Å². The lowest BCUT2D eigenvalue weighted by Crippen LogP contribution is -2.29. The lowest BCUT2D eigenvalue weighted by Gasteiger charge is -2.29. The van der Waals surface area contributed by atoms with Crippen LogP contribution in [0.1, 0.15) is 29.7 Å². The normalized spacial score (nSPS) is 15.4. The number of thiophene rings is 1. The van der Waals surface area contributed by atoms with E-state index in [-0.39, 0.29) is 0 Å². The van der Waals surface area contributed by atoms with Crippen molar-refractivity contribution in [3.8, 4) is 0 Å². The molecule has 1 saturated heterocycles. The molecule has 0 radical (unpaired) electrons. The van der Waals surface area contributed by atoms with Crippen molar-refractivity contribution in [1.82, 2.24) is 0 Å². The molecule has 1 aliphatic heterocycles. The third-order valence-corrected chi connectivity index (χ3v) is 5.68. The monoisotopic (exact) mass is 307 g/mol. The third kappa shape index (κ3) is 2.64. The van der Waals surface area contributed by atoms with E-state index >= 15 is 0 Å². The first kappa shape index (κ1) is 13.8. The highest BCUT2D eigenvalue weighted by molar-refractivity contribution is 7.19. The van der Waals surface area contributed by atoms with Gasteiger partial charge in [0, 0.05) is 34.5 Å². The van der Waals surface area contributed by atoms with E-state index in [1.807, 2.05) is 11.3 Å². The van der Waals surface area contributed by atoms with Crippen LogP contribution in [0.25, 0.3) is 10.1 Å². The van der Waals surface area contributed by atoms with Gasteiger partial charge in [0.25, 0.3) is 0 Å². The summed E-state index contributed by atoms with van der Waals surface area (Å²) >= 11 is 1.97. The molecule has 0 unspecified atom stereocenters. The Labute approximate surface area is 136 Å². The average molecular weight is 307 g/mol. The van der Waals surface area contributed by atoms with Crippen LogP contribution in [-0.2, 0) is 6.42 Å². The van der Waals surface area contributed by atoms with Gasteiger partial charge in [0.15, 0.2) is 0 Å². The first-order valence-electron chi connectivity index (χ1n) is 8.21. The van der Waals surface area contributed by atoms with E-state index < -0.39 is 0 Å². The Morgan fingerprint density at radius 1 is 0.818 bits per heavy atom. The molecule has 0 aliphatic carbocycles. The van der Waals surface area contributed by atoms with E-state index in [1.54, 1.807) is 0 Å². The van der Waals surface area contributed by atoms with Gasteiger partial charge in [-0.15, -0.1) is 11.3 Å². The van der Waals surface area contributed by atoms with Gasteiger partial charge in [0.1, 0.15) is 0 Å². The predicted molar refractivity (Wildman–Crippen MR) is 97.1 cm³/mol. The molecule has 1 aromatic heterocycles. The van der Waals surface area contributed by atoms with E-state index in [0.29, 0.717) is 0 Å². The molecule has 0 saturated carbocycles. The molecule has 1 aliphatic rings. The minimum Gasteiger partial charge on any atom is -0.370 e. The van der Waals surface area contributed by atoms with Crippen LogP contribution in [0, 0.1) is 0 Å². The van der Waals surface area contributed by atoms with Gasteiger partial charge in [-0.1, -0.05) is 48.5 Å². The number of hydrogen-bond donors (Lipinski definition) is 0. The molecule has 22 heavy (non-hydrogen) atoms. The van der Waals surface area contributed by atoms with Gasteiger partial charge in [0.2, 0.25) is 0 Å². The van der Waals surface area contributed by atoms with Gasteiger partial charge < -0.3 is 4.90 Å². The summed E-state index contributed by atoms with van der Waals surface area (Å²) in [7, 11) is 0. The zero-order chi connectivity index (χ0) is 14.8. The smallest absolute Gasteiger partial charge is 0.0591 e. The molecule has 2 heteroatoms. The third-order valence-electron chi connectivity index (χ3n) is 4.52. The summed E-state index contributed by atoms with van der Waals surface area (Å²) in [5.41, 5.74) is 2.91. The molecule has 2 heterocycles. The summed E-state index contributed by atoms with van der Waals surface area (Å²) in [5, 5.41) is 1.44. The zero-order valence-electron chi connectivity index (χ0n) is 12.8. The van der Waals surface area contributed by atoms with E-state index in [9.17, 15) is 0 Å². The number of benzene rings is 2. The molecule has 112 valence electrons. The van der Waals surface area contributed by atoms with Gasteiger partial charge in [-0.25, -0.2) is 0 Å². The summed E-state index contributed by atoms with van der Waals surface area (Å²) < 4.78 is 1.43. The molecule has 0 spiro atoms. The summed E-state index contributed by atoms with van der Waals surface area (Å²) in [5.74, 6) is 0. The van der Waals surface area contributed by atoms with E-state index in [1.165, 1.54) is 58.6 Å². The molecule has 4 rings (SSSR count). The second-order valence-corrected chi connectivity index (χ2v) is 7.22. The van der Waals surface area contributed by atoms with E-state index in [0.717, 1.165) is 6.42 Å². The molecule has 0 amide bonds. The summed E-state index contributed by atoms with van der Waals surface area (Å²) in [6, 6.07) is 19.8. The van der Waals surface area contributed by atoms with Crippen molar-refractivity contribution in [3.05, 3.63) is 65.0 Å². The van der Waals surface area contributed by atoms with Gasteiger partial charge in [-0.05, 0) is 30.9 Å². The fraction of sp³-hybridized carbons (Fsp3) is 0.300. The standard InChI is InChI=1S/C20H21NS/c1-3-9-16(10-4-1)15-19-20(21-13-7-2-8-14-21)17-11-5-6-12-18(17)22-19/h1,3-6,9-12H,2,7-8,13-15H2. The van der Waals surface area contributed by atoms with Gasteiger partial charge in [0.05, 0.1) is 5.69 Å². The van der Waals surface area contributed by atoms with Crippen LogP contribution in [0.15, 0.2) is 54.6 Å². The topological polar surface area (TPSA) is 3.24 Å². The lowest BCUT2D eigenvalue weighted by atomic mass is 10.1. The Kier molecular flexibility index (Phi) is 3.86. The number of rotatable bonds is 3. The number of hydrogen-bond acceptors (Lipinski definition) is 2. The summed E-state index contributed by atoms with van der Waals surface area (Å²) in [6.45, 7) is 2.42. The maximum atomic E-state index is 2.63. The fourth-order valence-electron chi connectivity index (χ4n) is 3.45. The van der Waals surface area contributed by atoms with Crippen LogP contribution in [0.5, 0.6) is 0 Å². The van der Waals surface area contributed by atoms with Crippen molar-refractivity contribution in [2.45, 2.75) is 25.7 Å². The molecule has 0 bridgehead atoms. The van der Waals surface area contributed by atoms with Crippen molar-refractivity contribution < 1.29 is 0 Å². The average Bonchev–Trinajstić information content (AvgIpc) is 2.94. The van der Waals surface area contributed by atoms with Crippen LogP contribution in [0.4, 0.5) is 5.69 Å². The van der Waals surface area contributed by atoms with Crippen LogP contribution in [0.2, 0.25) is 0 Å². The molecule has 2 aromatic carbocycles. The Balaban J connectivity index is 1.79. The predicted octanol–water partition coefficient (Wildman–Crippen LogP) is 5.48. The molecular formula is C20H21NS. The highest BCUT2D eigenvalue weighted by atomic mass is 32.1. The molecule has 3 aromatic rings. The van der Waals surface area contributed by atoms with E-state index in [4.69, 9.17) is 0 Å². The Bertz CT molecular complexity index is 754. The van der Waals surface area contributed by atoms with Crippen molar-refractivity contribution in [2.24, 2.45) is 0 Å². The van der Waals surface area contributed by atoms with E-state index in [2.05, 4.69) is 59.5 Å². The zero-order valence-corrected chi connectivity index (χ0v) is 13.6. The molecule has 1 fully saturated rings. The SMILES string of the molecule is c1ccc(Cc2sc3ccccc3c2N2CCCCC2)cc1. The van der Waals surface area contributed by atoms with Crippen LogP contribution in [0.3, 0.4) is 0 Å². The van der Waals surface area contributed by atoms with Crippen molar-refractivity contribution in [2.75, 3.05) is 18.0 Å². The largest absolute Gasteiger partial charge is 0.370 e. The fourth-order valence-corrected chi connectivity index (χ4v) is 4.71. The highest BCUT2D eigenvalue weighted by Crippen LogP contribution is 2.40. The first-order chi connectivity index (χ1) is 10.9. The highest BCUT2D eigenvalue weighted by Gasteiger charge is 2.19. The van der Waals surface area contributed by atoms with Crippen LogP contribution in [-0.4, -0.2) is 13.1 Å². The number of nitrogens with zero attached hydrogens (tertiary/aromatic N) is 1. The lowest BCUT2D eigenvalue weighted by molar-refractivity contribution is 0.578. The Hall–Kier alpha value is -1.80. The van der Waals surface area contributed by atoms with Gasteiger partial charge in [-0.3, -0.25) is 0 Å². The molecule has 0 atom stereocenters. The van der Waals surface area contributed by atoms with Crippen LogP contribution >= 0.6 is 11.3 Å². The number of anilines is 1. The Morgan fingerprint density at radius 3 is 2.36 bits per heavy atom. The number of piperidine rings is 1. The summed E-state index contributed by atoms with van der Waals surface area (Å²) in [6.07, 6.45) is 5.09. The second kappa shape index (κ2) is 6.13. The Morgan fingerprint density at radius 2 is 1.55 bits per heavy atom. The minimum absolute atomic E-state index is 1.05. The quantitative estimate of drug-likeness (QED) is 0.619.